The van der Waals surface area contributed by atoms with Gasteiger partial charge >= 0.3 is 99.2 Å². The molecule has 0 bridgehead atoms. The van der Waals surface area contributed by atoms with Crippen molar-refractivity contribution in [2.75, 3.05) is 19.0 Å². The van der Waals surface area contributed by atoms with E-state index in [-0.39, 0.29) is 24.8 Å². The number of allylic oxidation sites excluding steroid dienone is 4. The van der Waals surface area contributed by atoms with E-state index >= 15 is 0 Å². The van der Waals surface area contributed by atoms with E-state index in [1.807, 2.05) is 12.2 Å². The molecule has 37 heavy (non-hydrogen) atoms. The molecule has 4 heteroatoms. The SMILES string of the molecule is CN(C)c1ccc2c(c1)[cH-]c1ccccc12.[C-]1=CC=CC1.[Cl-].[Cl-].[Zr+2]=[C](c1ccccc1)c1ccccc1. The second-order valence-electron chi connectivity index (χ2n) is 8.51. The van der Waals surface area contributed by atoms with E-state index in [4.69, 9.17) is 0 Å². The van der Waals surface area contributed by atoms with E-state index in [0.29, 0.717) is 0 Å². The minimum atomic E-state index is 0. The van der Waals surface area contributed by atoms with Crippen molar-refractivity contribution in [3.63, 3.8) is 0 Å². The zero-order chi connectivity index (χ0) is 24.5. The number of benzene rings is 4. The first kappa shape index (κ1) is 30.6. The molecule has 6 rings (SSSR count). The summed E-state index contributed by atoms with van der Waals surface area (Å²) < 4.78 is 1.42. The Hall–Kier alpha value is -2.64. The third-order valence-corrected chi connectivity index (χ3v) is 7.24. The van der Waals surface area contributed by atoms with Gasteiger partial charge in [0.25, 0.3) is 0 Å². The first-order valence-corrected chi connectivity index (χ1v) is 13.0. The molecule has 0 saturated carbocycles. The maximum absolute atomic E-state index is 2.99. The summed E-state index contributed by atoms with van der Waals surface area (Å²) in [5.41, 5.74) is 3.91. The van der Waals surface area contributed by atoms with Crippen molar-refractivity contribution in [1.82, 2.24) is 0 Å². The fourth-order valence-electron chi connectivity index (χ4n) is 3.95. The molecule has 0 heterocycles. The fourth-order valence-corrected chi connectivity index (χ4v) is 4.76. The molecule has 5 aromatic rings. The average Bonchev–Trinajstić information content (AvgIpc) is 3.61. The Balaban J connectivity index is 0.000000211. The van der Waals surface area contributed by atoms with Crippen molar-refractivity contribution in [2.24, 2.45) is 0 Å². The van der Waals surface area contributed by atoms with E-state index in [9.17, 15) is 0 Å². The van der Waals surface area contributed by atoms with Crippen LogP contribution in [0.4, 0.5) is 5.69 Å². The number of hydrogen-bond donors (Lipinski definition) is 0. The normalized spacial score (nSPS) is 10.9. The van der Waals surface area contributed by atoms with Crippen LogP contribution >= 0.6 is 0 Å². The van der Waals surface area contributed by atoms with Crippen LogP contribution in [0.25, 0.3) is 21.5 Å². The van der Waals surface area contributed by atoms with Gasteiger partial charge in [0.15, 0.2) is 0 Å². The number of rotatable bonds is 3. The fraction of sp³-hybridized carbons (Fsp3) is 0.0909. The summed E-state index contributed by atoms with van der Waals surface area (Å²) in [5.74, 6) is 0. The maximum atomic E-state index is 2.99. The second kappa shape index (κ2) is 15.6. The number of nitrogens with zero attached hydrogens (tertiary/aromatic N) is 1. The summed E-state index contributed by atoms with van der Waals surface area (Å²) in [7, 11) is 4.15. The third kappa shape index (κ3) is 8.44. The molecule has 5 aromatic carbocycles. The van der Waals surface area contributed by atoms with E-state index < -0.39 is 0 Å². The quantitative estimate of drug-likeness (QED) is 0.286. The van der Waals surface area contributed by atoms with Crippen molar-refractivity contribution in [1.29, 1.82) is 0 Å². The van der Waals surface area contributed by atoms with Crippen molar-refractivity contribution >= 4 is 30.4 Å². The van der Waals surface area contributed by atoms with Gasteiger partial charge in [-0.25, -0.2) is 12.2 Å². The van der Waals surface area contributed by atoms with Crippen LogP contribution in [0.5, 0.6) is 0 Å². The van der Waals surface area contributed by atoms with Gasteiger partial charge in [-0.1, -0.05) is 36.4 Å². The minimum absolute atomic E-state index is 0. The predicted molar refractivity (Wildman–Crippen MR) is 149 cm³/mol. The van der Waals surface area contributed by atoms with Crippen LogP contribution in [0.15, 0.2) is 127 Å². The molecule has 0 saturated heterocycles. The average molecular weight is 602 g/mol. The van der Waals surface area contributed by atoms with Crippen LogP contribution in [0, 0.1) is 6.08 Å². The Labute approximate surface area is 248 Å². The van der Waals surface area contributed by atoms with E-state index in [1.54, 1.807) is 0 Å². The number of fused-ring (bicyclic) bond motifs is 3. The van der Waals surface area contributed by atoms with Crippen LogP contribution in [0.3, 0.4) is 0 Å². The summed E-state index contributed by atoms with van der Waals surface area (Å²) in [6.07, 6.45) is 10.0. The topological polar surface area (TPSA) is 3.24 Å². The standard InChI is InChI=1S/C15H14N.C13H10.C5H5.2ClH.Zr/c1-16(2)13-7-8-15-12(10-13)9-11-5-3-4-6-14(11)15;1-3-7-12(8-4-1)11-13-9-5-2-6-10-13;1-2-4-5-3-1;;;/h3-10H,1-2H3;1-10H;1-3H,4H2;2*1H;/q-1;;-1;;;+2/p-2. The van der Waals surface area contributed by atoms with Gasteiger partial charge in [0, 0.05) is 19.8 Å². The van der Waals surface area contributed by atoms with Crippen LogP contribution in [0.2, 0.25) is 0 Å². The van der Waals surface area contributed by atoms with Crippen molar-refractivity contribution in [3.05, 3.63) is 145 Å². The van der Waals surface area contributed by atoms with Gasteiger partial charge in [-0.15, -0.1) is 40.1 Å². The molecular formula is C33H29Cl2NZr-2. The molecule has 0 aromatic heterocycles. The van der Waals surface area contributed by atoms with Crippen molar-refractivity contribution in [2.45, 2.75) is 6.42 Å². The van der Waals surface area contributed by atoms with Gasteiger partial charge in [0.1, 0.15) is 0 Å². The molecule has 0 aliphatic heterocycles. The number of hydrogen-bond acceptors (Lipinski definition) is 1. The Kier molecular flexibility index (Phi) is 12.9. The zero-order valence-electron chi connectivity index (χ0n) is 21.0. The second-order valence-corrected chi connectivity index (χ2v) is 9.74. The molecule has 0 radical (unpaired) electrons. The Bertz CT molecular complexity index is 1400. The zero-order valence-corrected chi connectivity index (χ0v) is 25.0. The van der Waals surface area contributed by atoms with Crippen LogP contribution in [-0.4, -0.2) is 17.3 Å². The monoisotopic (exact) mass is 599 g/mol. The molecule has 1 aliphatic carbocycles. The molecule has 0 atom stereocenters. The van der Waals surface area contributed by atoms with E-state index in [2.05, 4.69) is 140 Å². The molecule has 0 amide bonds. The third-order valence-electron chi connectivity index (χ3n) is 5.82. The molecule has 0 fully saturated rings. The van der Waals surface area contributed by atoms with Gasteiger partial charge in [-0.2, -0.15) is 6.08 Å². The molecule has 0 N–H and O–H groups in total. The first-order valence-electron chi connectivity index (χ1n) is 11.8. The summed E-state index contributed by atoms with van der Waals surface area (Å²) >= 11 is 1.46. The van der Waals surface area contributed by atoms with Crippen LogP contribution in [0.1, 0.15) is 17.5 Å². The molecular weight excluding hydrogens is 572 g/mol. The Morgan fingerprint density at radius 2 is 1.30 bits per heavy atom. The van der Waals surface area contributed by atoms with Crippen LogP contribution < -0.4 is 29.7 Å². The van der Waals surface area contributed by atoms with E-state index in [1.165, 1.54) is 65.8 Å². The summed E-state index contributed by atoms with van der Waals surface area (Å²) in [6.45, 7) is 0. The number of halogens is 2. The van der Waals surface area contributed by atoms with Crippen molar-refractivity contribution < 1.29 is 49.0 Å². The molecule has 0 spiro atoms. The van der Waals surface area contributed by atoms with Gasteiger partial charge in [0.05, 0.1) is 0 Å². The van der Waals surface area contributed by atoms with Gasteiger partial charge in [0.2, 0.25) is 0 Å². The molecule has 0 unspecified atom stereocenters. The molecule has 1 aliphatic rings. The predicted octanol–water partition coefficient (Wildman–Crippen LogP) is 1.89. The van der Waals surface area contributed by atoms with Gasteiger partial charge in [-0.05, 0) is 0 Å². The van der Waals surface area contributed by atoms with Crippen molar-refractivity contribution in [3.8, 4) is 0 Å². The summed E-state index contributed by atoms with van der Waals surface area (Å²) in [6, 6.07) is 38.6. The van der Waals surface area contributed by atoms with E-state index in [0.717, 1.165) is 6.42 Å². The van der Waals surface area contributed by atoms with Crippen LogP contribution in [-0.2, 0) is 24.2 Å². The number of anilines is 1. The van der Waals surface area contributed by atoms with Gasteiger partial charge in [-0.3, -0.25) is 6.08 Å². The Morgan fingerprint density at radius 1 is 0.730 bits per heavy atom. The van der Waals surface area contributed by atoms with Gasteiger partial charge < -0.3 is 29.7 Å². The molecule has 1 nitrogen and oxygen atoms in total. The summed E-state index contributed by atoms with van der Waals surface area (Å²) in [4.78, 5) is 2.14. The molecule has 186 valence electrons. The first-order chi connectivity index (χ1) is 17.1. The Morgan fingerprint density at radius 3 is 1.81 bits per heavy atom. The summed E-state index contributed by atoms with van der Waals surface area (Å²) in [5, 5.41) is 5.35.